The van der Waals surface area contributed by atoms with Crippen LogP contribution in [0.2, 0.25) is 0 Å². The summed E-state index contributed by atoms with van der Waals surface area (Å²) in [5.74, 6) is 0. The molecular weight excluding hydrogens is 293 g/mol. The monoisotopic (exact) mass is 310 g/mol. The van der Waals surface area contributed by atoms with Crippen molar-refractivity contribution in [3.63, 3.8) is 0 Å². The zero-order chi connectivity index (χ0) is 15.7. The van der Waals surface area contributed by atoms with Gasteiger partial charge in [-0.1, -0.05) is 0 Å². The normalized spacial score (nSPS) is 14.6. The summed E-state index contributed by atoms with van der Waals surface area (Å²) in [7, 11) is -2.51. The summed E-state index contributed by atoms with van der Waals surface area (Å²) >= 11 is 0. The van der Waals surface area contributed by atoms with E-state index in [2.05, 4.69) is 0 Å². The molecule has 2 N–H and O–H groups in total. The second kappa shape index (κ2) is 5.71. The molecule has 1 aromatic carbocycles. The van der Waals surface area contributed by atoms with Crippen LogP contribution >= 0.6 is 0 Å². The van der Waals surface area contributed by atoms with Gasteiger partial charge in [-0.3, -0.25) is 0 Å². The Bertz CT molecular complexity index is 585. The molecule has 0 fully saturated rings. The minimum Gasteiger partial charge on any atom is -0.329 e. The standard InChI is InChI=1S/C12H17F3N2O2S/c1-8-6-10(12(13,14)15)4-5-11(8)20(18,19)17(3)9(2)7-16/h4-6,9H,7,16H2,1-3H3. The molecule has 0 aliphatic heterocycles. The molecule has 1 atom stereocenters. The largest absolute Gasteiger partial charge is 0.416 e. The summed E-state index contributed by atoms with van der Waals surface area (Å²) < 4.78 is 63.3. The Morgan fingerprint density at radius 2 is 1.90 bits per heavy atom. The smallest absolute Gasteiger partial charge is 0.329 e. The van der Waals surface area contributed by atoms with Gasteiger partial charge in [0.15, 0.2) is 0 Å². The maximum absolute atomic E-state index is 12.6. The highest BCUT2D eigenvalue weighted by Gasteiger charge is 2.32. The van der Waals surface area contributed by atoms with Crippen molar-refractivity contribution in [1.29, 1.82) is 0 Å². The van der Waals surface area contributed by atoms with Crippen LogP contribution < -0.4 is 5.73 Å². The van der Waals surface area contributed by atoms with Crippen molar-refractivity contribution < 1.29 is 21.6 Å². The highest BCUT2D eigenvalue weighted by atomic mass is 32.2. The molecule has 0 bridgehead atoms. The summed E-state index contributed by atoms with van der Waals surface area (Å²) in [6, 6.07) is 2.13. The lowest BCUT2D eigenvalue weighted by Gasteiger charge is -2.24. The zero-order valence-electron chi connectivity index (χ0n) is 11.4. The van der Waals surface area contributed by atoms with Gasteiger partial charge in [0.05, 0.1) is 10.5 Å². The lowest BCUT2D eigenvalue weighted by Crippen LogP contribution is -2.39. The number of sulfonamides is 1. The van der Waals surface area contributed by atoms with Crippen LogP contribution in [0.5, 0.6) is 0 Å². The van der Waals surface area contributed by atoms with Crippen molar-refractivity contribution in [2.45, 2.75) is 31.0 Å². The number of nitrogens with zero attached hydrogens (tertiary/aromatic N) is 1. The van der Waals surface area contributed by atoms with Crippen LogP contribution in [0.1, 0.15) is 18.1 Å². The number of hydrogen-bond donors (Lipinski definition) is 1. The van der Waals surface area contributed by atoms with Crippen molar-refractivity contribution in [3.8, 4) is 0 Å². The Hall–Kier alpha value is -1.12. The SMILES string of the molecule is Cc1cc(C(F)(F)F)ccc1S(=O)(=O)N(C)C(C)CN. The first-order valence-electron chi connectivity index (χ1n) is 5.87. The van der Waals surface area contributed by atoms with Gasteiger partial charge in [-0.25, -0.2) is 8.42 Å². The quantitative estimate of drug-likeness (QED) is 0.925. The van der Waals surface area contributed by atoms with E-state index in [1.807, 2.05) is 0 Å². The van der Waals surface area contributed by atoms with Crippen molar-refractivity contribution in [3.05, 3.63) is 29.3 Å². The van der Waals surface area contributed by atoms with Crippen LogP contribution in [0, 0.1) is 6.92 Å². The Kier molecular flexibility index (Phi) is 4.83. The third kappa shape index (κ3) is 3.31. The van der Waals surface area contributed by atoms with E-state index in [1.165, 1.54) is 14.0 Å². The second-order valence-electron chi connectivity index (χ2n) is 4.58. The molecule has 8 heteroatoms. The number of hydrogen-bond acceptors (Lipinski definition) is 3. The minimum atomic E-state index is -4.50. The predicted octanol–water partition coefficient (Wildman–Crippen LogP) is 1.98. The molecule has 1 unspecified atom stereocenters. The summed E-state index contributed by atoms with van der Waals surface area (Å²) in [5, 5.41) is 0. The number of alkyl halides is 3. The molecule has 0 aromatic heterocycles. The molecule has 0 amide bonds. The fraction of sp³-hybridized carbons (Fsp3) is 0.500. The number of halogens is 3. The maximum Gasteiger partial charge on any atom is 0.416 e. The average Bonchev–Trinajstić information content (AvgIpc) is 2.35. The molecule has 0 spiro atoms. The first-order chi connectivity index (χ1) is 9.01. The Morgan fingerprint density at radius 1 is 1.35 bits per heavy atom. The fourth-order valence-electron chi connectivity index (χ4n) is 1.66. The summed E-state index contributed by atoms with van der Waals surface area (Å²) in [6.07, 6.45) is -4.50. The van der Waals surface area contributed by atoms with Crippen LogP contribution in [0.15, 0.2) is 23.1 Å². The first kappa shape index (κ1) is 16.9. The molecule has 0 radical (unpaired) electrons. The molecule has 0 heterocycles. The highest BCUT2D eigenvalue weighted by molar-refractivity contribution is 7.89. The molecule has 20 heavy (non-hydrogen) atoms. The maximum atomic E-state index is 12.6. The van der Waals surface area contributed by atoms with Crippen molar-refractivity contribution in [2.75, 3.05) is 13.6 Å². The van der Waals surface area contributed by atoms with Crippen LogP contribution in [-0.4, -0.2) is 32.4 Å². The van der Waals surface area contributed by atoms with E-state index in [-0.39, 0.29) is 17.0 Å². The van der Waals surface area contributed by atoms with Gasteiger partial charge in [-0.2, -0.15) is 17.5 Å². The van der Waals surface area contributed by atoms with E-state index >= 15 is 0 Å². The average molecular weight is 310 g/mol. The number of likely N-dealkylation sites (N-methyl/N-ethyl adjacent to an activating group) is 1. The summed E-state index contributed by atoms with van der Waals surface area (Å²) in [6.45, 7) is 3.08. The zero-order valence-corrected chi connectivity index (χ0v) is 12.2. The van der Waals surface area contributed by atoms with Gasteiger partial charge in [-0.15, -0.1) is 0 Å². The fourth-order valence-corrected chi connectivity index (χ4v) is 3.23. The van der Waals surface area contributed by atoms with E-state index in [0.29, 0.717) is 0 Å². The topological polar surface area (TPSA) is 63.4 Å². The lowest BCUT2D eigenvalue weighted by atomic mass is 10.1. The van der Waals surface area contributed by atoms with E-state index in [0.717, 1.165) is 22.5 Å². The number of nitrogens with two attached hydrogens (primary N) is 1. The second-order valence-corrected chi connectivity index (χ2v) is 6.55. The lowest BCUT2D eigenvalue weighted by molar-refractivity contribution is -0.137. The van der Waals surface area contributed by atoms with Crippen molar-refractivity contribution in [2.24, 2.45) is 5.73 Å². The molecular formula is C12H17F3N2O2S. The van der Waals surface area contributed by atoms with E-state index in [1.54, 1.807) is 6.92 Å². The van der Waals surface area contributed by atoms with E-state index in [9.17, 15) is 21.6 Å². The van der Waals surface area contributed by atoms with Gasteiger partial charge in [0, 0.05) is 19.6 Å². The Balaban J connectivity index is 3.28. The molecule has 114 valence electrons. The molecule has 0 aliphatic rings. The van der Waals surface area contributed by atoms with Crippen LogP contribution in [0.25, 0.3) is 0 Å². The van der Waals surface area contributed by atoms with Crippen LogP contribution in [0.3, 0.4) is 0 Å². The van der Waals surface area contributed by atoms with E-state index < -0.39 is 27.8 Å². The van der Waals surface area contributed by atoms with Gasteiger partial charge >= 0.3 is 6.18 Å². The van der Waals surface area contributed by atoms with Gasteiger partial charge in [0.25, 0.3) is 0 Å². The Morgan fingerprint density at radius 3 is 2.30 bits per heavy atom. The van der Waals surface area contributed by atoms with Gasteiger partial charge in [-0.05, 0) is 37.6 Å². The van der Waals surface area contributed by atoms with Crippen molar-refractivity contribution in [1.82, 2.24) is 4.31 Å². The first-order valence-corrected chi connectivity index (χ1v) is 7.31. The molecule has 0 saturated carbocycles. The number of rotatable bonds is 4. The molecule has 0 aliphatic carbocycles. The molecule has 4 nitrogen and oxygen atoms in total. The third-order valence-electron chi connectivity index (χ3n) is 3.12. The molecule has 0 saturated heterocycles. The van der Waals surface area contributed by atoms with Gasteiger partial charge in [0.1, 0.15) is 0 Å². The van der Waals surface area contributed by atoms with E-state index in [4.69, 9.17) is 5.73 Å². The minimum absolute atomic E-state index is 0.0518. The summed E-state index contributed by atoms with van der Waals surface area (Å²) in [4.78, 5) is -0.145. The van der Waals surface area contributed by atoms with Crippen LogP contribution in [-0.2, 0) is 16.2 Å². The van der Waals surface area contributed by atoms with Gasteiger partial charge in [0.2, 0.25) is 10.0 Å². The Labute approximate surface area is 116 Å². The highest BCUT2D eigenvalue weighted by Crippen LogP contribution is 2.32. The molecule has 1 aromatic rings. The predicted molar refractivity (Wildman–Crippen MR) is 69.6 cm³/mol. The number of aryl methyl sites for hydroxylation is 1. The molecule has 1 rings (SSSR count). The third-order valence-corrected chi connectivity index (χ3v) is 5.25. The number of benzene rings is 1. The van der Waals surface area contributed by atoms with Crippen LogP contribution in [0.4, 0.5) is 13.2 Å². The van der Waals surface area contributed by atoms with Crippen molar-refractivity contribution >= 4 is 10.0 Å². The summed E-state index contributed by atoms with van der Waals surface area (Å²) in [5.41, 5.74) is 4.59. The van der Waals surface area contributed by atoms with Gasteiger partial charge < -0.3 is 5.73 Å².